The topological polar surface area (TPSA) is 41.1 Å². The third-order valence-electron chi connectivity index (χ3n) is 4.50. The average molecular weight is 288 g/mol. The van der Waals surface area contributed by atoms with E-state index in [1.165, 1.54) is 32.1 Å². The molecule has 3 heteroatoms. The smallest absolute Gasteiger partial charge is 0.251 e. The highest BCUT2D eigenvalue weighted by Crippen LogP contribution is 2.27. The predicted octanol–water partition coefficient (Wildman–Crippen LogP) is 4.21. The molecule has 1 aromatic carbocycles. The minimum absolute atomic E-state index is 0.0653. The lowest BCUT2D eigenvalue weighted by Gasteiger charge is -2.30. The summed E-state index contributed by atoms with van der Waals surface area (Å²) in [4.78, 5) is 12.4. The summed E-state index contributed by atoms with van der Waals surface area (Å²) in [6, 6.07) is 8.08. The van der Waals surface area contributed by atoms with Crippen LogP contribution in [0.5, 0.6) is 0 Å². The highest BCUT2D eigenvalue weighted by molar-refractivity contribution is 5.94. The van der Waals surface area contributed by atoms with E-state index in [0.717, 1.165) is 24.2 Å². The van der Waals surface area contributed by atoms with Gasteiger partial charge < -0.3 is 10.6 Å². The third-order valence-corrected chi connectivity index (χ3v) is 4.50. The summed E-state index contributed by atoms with van der Waals surface area (Å²) in [5.74, 6) is 0.726. The second-order valence-electron chi connectivity index (χ2n) is 5.99. The lowest BCUT2D eigenvalue weighted by molar-refractivity contribution is 0.0911. The van der Waals surface area contributed by atoms with Gasteiger partial charge in [-0.1, -0.05) is 26.2 Å². The van der Waals surface area contributed by atoms with Crippen molar-refractivity contribution in [1.82, 2.24) is 5.32 Å². The molecule has 0 spiro atoms. The first-order chi connectivity index (χ1) is 10.2. The molecule has 1 amide bonds. The predicted molar refractivity (Wildman–Crippen MR) is 88.7 cm³/mol. The fourth-order valence-corrected chi connectivity index (χ4v) is 3.29. The molecule has 3 nitrogen and oxygen atoms in total. The zero-order valence-corrected chi connectivity index (χ0v) is 13.3. The van der Waals surface area contributed by atoms with Gasteiger partial charge in [-0.25, -0.2) is 0 Å². The monoisotopic (exact) mass is 288 g/mol. The maximum Gasteiger partial charge on any atom is 0.251 e. The average Bonchev–Trinajstić information content (AvgIpc) is 2.54. The molecule has 0 radical (unpaired) electrons. The van der Waals surface area contributed by atoms with Crippen LogP contribution in [0, 0.1) is 5.92 Å². The largest absolute Gasteiger partial charge is 0.385 e. The molecule has 1 unspecified atom stereocenters. The maximum atomic E-state index is 12.4. The van der Waals surface area contributed by atoms with Crippen LogP contribution in [0.25, 0.3) is 0 Å². The number of carbonyl (C=O) groups is 1. The van der Waals surface area contributed by atoms with E-state index in [4.69, 9.17) is 0 Å². The summed E-state index contributed by atoms with van der Waals surface area (Å²) in [5, 5.41) is 6.49. The van der Waals surface area contributed by atoms with Crippen molar-refractivity contribution in [2.24, 2.45) is 5.92 Å². The van der Waals surface area contributed by atoms with Crippen molar-refractivity contribution in [3.8, 4) is 0 Å². The molecule has 2 N–H and O–H groups in total. The minimum Gasteiger partial charge on any atom is -0.385 e. The van der Waals surface area contributed by atoms with E-state index >= 15 is 0 Å². The second kappa shape index (κ2) is 8.06. The molecule has 0 aliphatic heterocycles. The summed E-state index contributed by atoms with van der Waals surface area (Å²) in [7, 11) is 0. The lowest BCUT2D eigenvalue weighted by atomic mass is 9.83. The van der Waals surface area contributed by atoms with Gasteiger partial charge in [-0.05, 0) is 56.4 Å². The van der Waals surface area contributed by atoms with Crippen molar-refractivity contribution in [1.29, 1.82) is 0 Å². The van der Waals surface area contributed by atoms with Crippen LogP contribution in [0.15, 0.2) is 24.3 Å². The van der Waals surface area contributed by atoms with Gasteiger partial charge in [0.15, 0.2) is 0 Å². The molecule has 0 aromatic heterocycles. The second-order valence-corrected chi connectivity index (χ2v) is 5.99. The number of hydrogen-bond donors (Lipinski definition) is 2. The summed E-state index contributed by atoms with van der Waals surface area (Å²) < 4.78 is 0. The van der Waals surface area contributed by atoms with Gasteiger partial charge in [-0.2, -0.15) is 0 Å². The van der Waals surface area contributed by atoms with Gasteiger partial charge in [0.05, 0.1) is 0 Å². The Balaban J connectivity index is 1.94. The Kier molecular flexibility index (Phi) is 6.09. The number of rotatable bonds is 6. The van der Waals surface area contributed by atoms with Gasteiger partial charge in [0.2, 0.25) is 0 Å². The number of amides is 1. The Morgan fingerprint density at radius 1 is 1.14 bits per heavy atom. The van der Waals surface area contributed by atoms with Crippen molar-refractivity contribution in [3.63, 3.8) is 0 Å². The fourth-order valence-electron chi connectivity index (χ4n) is 3.29. The highest BCUT2D eigenvalue weighted by Gasteiger charge is 2.23. The molecule has 0 saturated heterocycles. The first kappa shape index (κ1) is 15.9. The van der Waals surface area contributed by atoms with Gasteiger partial charge >= 0.3 is 0 Å². The summed E-state index contributed by atoms with van der Waals surface area (Å²) in [6.45, 7) is 5.13. The van der Waals surface area contributed by atoms with Crippen LogP contribution in [0.3, 0.4) is 0 Å². The number of nitrogens with one attached hydrogen (secondary N) is 2. The standard InChI is InChI=1S/C18H28N2O/c1-3-17(14-8-6-5-7-9-14)20-18(21)15-10-12-16(13-11-15)19-4-2/h10-14,17,19H,3-9H2,1-2H3,(H,20,21). The van der Waals surface area contributed by atoms with E-state index in [2.05, 4.69) is 24.5 Å². The number of hydrogen-bond acceptors (Lipinski definition) is 2. The summed E-state index contributed by atoms with van der Waals surface area (Å²) in [6.07, 6.45) is 7.53. The van der Waals surface area contributed by atoms with E-state index < -0.39 is 0 Å². The van der Waals surface area contributed by atoms with Crippen LogP contribution < -0.4 is 10.6 Å². The van der Waals surface area contributed by atoms with Crippen LogP contribution in [-0.4, -0.2) is 18.5 Å². The van der Waals surface area contributed by atoms with Crippen molar-refractivity contribution in [2.45, 2.75) is 58.4 Å². The van der Waals surface area contributed by atoms with Gasteiger partial charge in [0, 0.05) is 23.8 Å². The zero-order valence-electron chi connectivity index (χ0n) is 13.3. The van der Waals surface area contributed by atoms with E-state index in [-0.39, 0.29) is 5.91 Å². The molecule has 1 aliphatic rings. The number of anilines is 1. The first-order valence-corrected chi connectivity index (χ1v) is 8.39. The minimum atomic E-state index is 0.0653. The van der Waals surface area contributed by atoms with E-state index in [0.29, 0.717) is 12.0 Å². The van der Waals surface area contributed by atoms with E-state index in [9.17, 15) is 4.79 Å². The van der Waals surface area contributed by atoms with E-state index in [1.807, 2.05) is 24.3 Å². The van der Waals surface area contributed by atoms with Crippen LogP contribution in [0.4, 0.5) is 5.69 Å². The van der Waals surface area contributed by atoms with Crippen molar-refractivity contribution in [3.05, 3.63) is 29.8 Å². The molecule has 1 fully saturated rings. The van der Waals surface area contributed by atoms with Crippen molar-refractivity contribution in [2.75, 3.05) is 11.9 Å². The van der Waals surface area contributed by atoms with Gasteiger partial charge in [0.25, 0.3) is 5.91 Å². The zero-order chi connectivity index (χ0) is 15.1. The summed E-state index contributed by atoms with van der Waals surface area (Å²) in [5.41, 5.74) is 1.82. The Morgan fingerprint density at radius 2 is 1.81 bits per heavy atom. The fraction of sp³-hybridized carbons (Fsp3) is 0.611. The number of carbonyl (C=O) groups excluding carboxylic acids is 1. The number of benzene rings is 1. The van der Waals surface area contributed by atoms with Crippen molar-refractivity contribution >= 4 is 11.6 Å². The molecule has 1 saturated carbocycles. The van der Waals surface area contributed by atoms with Gasteiger partial charge in [0.1, 0.15) is 0 Å². The van der Waals surface area contributed by atoms with Gasteiger partial charge in [-0.3, -0.25) is 4.79 Å². The molecular weight excluding hydrogens is 260 g/mol. The quantitative estimate of drug-likeness (QED) is 0.823. The third kappa shape index (κ3) is 4.48. The molecule has 116 valence electrons. The van der Waals surface area contributed by atoms with E-state index in [1.54, 1.807) is 0 Å². The molecule has 21 heavy (non-hydrogen) atoms. The molecule has 1 aromatic rings. The molecule has 1 aliphatic carbocycles. The molecule has 2 rings (SSSR count). The Bertz CT molecular complexity index is 435. The SMILES string of the molecule is CCNc1ccc(C(=O)NC(CC)C2CCCCC2)cc1. The Labute approximate surface area is 128 Å². The van der Waals surface area contributed by atoms with Crippen LogP contribution >= 0.6 is 0 Å². The first-order valence-electron chi connectivity index (χ1n) is 8.39. The van der Waals surface area contributed by atoms with Crippen molar-refractivity contribution < 1.29 is 4.79 Å². The molecule has 0 heterocycles. The van der Waals surface area contributed by atoms with Crippen LogP contribution in [0.1, 0.15) is 62.7 Å². The lowest BCUT2D eigenvalue weighted by Crippen LogP contribution is -2.40. The van der Waals surface area contributed by atoms with Gasteiger partial charge in [-0.15, -0.1) is 0 Å². The normalized spacial score (nSPS) is 17.2. The molecule has 1 atom stereocenters. The molecular formula is C18H28N2O. The maximum absolute atomic E-state index is 12.4. The highest BCUT2D eigenvalue weighted by atomic mass is 16.1. The molecule has 0 bridgehead atoms. The summed E-state index contributed by atoms with van der Waals surface area (Å²) >= 11 is 0. The van der Waals surface area contributed by atoms with Crippen LogP contribution in [0.2, 0.25) is 0 Å². The Morgan fingerprint density at radius 3 is 2.38 bits per heavy atom. The Hall–Kier alpha value is -1.51. The van der Waals surface area contributed by atoms with Crippen LogP contribution in [-0.2, 0) is 0 Å².